The molecule has 0 aromatic rings. The Bertz CT molecular complexity index is 1820. The van der Waals surface area contributed by atoms with Crippen molar-refractivity contribution in [3.63, 3.8) is 0 Å². The van der Waals surface area contributed by atoms with E-state index in [0.29, 0.717) is 0 Å². The highest BCUT2D eigenvalue weighted by atomic mass is 16.8. The molecule has 36 heteroatoms. The molecule has 0 bridgehead atoms. The lowest BCUT2D eigenvalue weighted by molar-refractivity contribution is -0.374. The molecule has 23 N–H and O–H groups in total. The van der Waals surface area contributed by atoms with Gasteiger partial charge in [0.1, 0.15) is 171 Å². The van der Waals surface area contributed by atoms with Crippen LogP contribution in [0.2, 0.25) is 0 Å². The summed E-state index contributed by atoms with van der Waals surface area (Å²) in [5, 5.41) is 242. The second kappa shape index (κ2) is 27.5. The molecule has 78 heavy (non-hydrogen) atoms. The van der Waals surface area contributed by atoms with Crippen molar-refractivity contribution in [1.29, 1.82) is 0 Å². The first-order chi connectivity index (χ1) is 36.9. The van der Waals surface area contributed by atoms with Crippen molar-refractivity contribution < 1.29 is 179 Å². The minimum atomic E-state index is -2.22. The van der Waals surface area contributed by atoms with Crippen LogP contribution < -0.4 is 0 Å². The summed E-state index contributed by atoms with van der Waals surface area (Å²) in [5.41, 5.74) is 0. The van der Waals surface area contributed by atoms with Gasteiger partial charge in [0.25, 0.3) is 0 Å². The number of hydrogen-bond acceptors (Lipinski definition) is 36. The van der Waals surface area contributed by atoms with E-state index in [2.05, 4.69) is 0 Å². The Kier molecular flexibility index (Phi) is 22.6. The minimum absolute atomic E-state index is 0.839. The zero-order chi connectivity index (χ0) is 57.3. The SMILES string of the molecule is OC[C@H]1O[C@H](O[C@@H]2[C@@H](O)[C@@H](OC[C@H]3O[C@H](OC[C@H]4O[C@H](O)[C@H](O)[C@@H](O[C@H]5O[C@H](CO[C@H]6O[C@H](CO)[C@@H](O)[C@H](O[C@H]7O[C@H](CO)[C@@H](O)[C@H](O)[C@H]7O)[C@H]6O)[C@@H](O)[C@H](O)[C@H]5O)[C@@H]4O)[C@H](O)[C@@H](O)[C@@H]3O)O[C@H](CO)[C@H]2O)[C@H](O)[C@@H](O)[C@@H]1O. The van der Waals surface area contributed by atoms with E-state index >= 15 is 0 Å². The van der Waals surface area contributed by atoms with E-state index in [1.807, 2.05) is 0 Å². The van der Waals surface area contributed by atoms with Crippen LogP contribution in [0.1, 0.15) is 0 Å². The van der Waals surface area contributed by atoms with Crippen molar-refractivity contribution in [3.8, 4) is 0 Å². The zero-order valence-electron chi connectivity index (χ0n) is 40.8. The van der Waals surface area contributed by atoms with Crippen molar-refractivity contribution in [2.45, 2.75) is 215 Å². The maximum absolute atomic E-state index is 11.4. The van der Waals surface area contributed by atoms with Crippen molar-refractivity contribution >= 4 is 0 Å². The van der Waals surface area contributed by atoms with Gasteiger partial charge in [-0.25, -0.2) is 0 Å². The van der Waals surface area contributed by atoms with Crippen LogP contribution in [-0.4, -0.2) is 379 Å². The number of rotatable bonds is 19. The van der Waals surface area contributed by atoms with E-state index in [9.17, 15) is 117 Å². The van der Waals surface area contributed by atoms with Crippen LogP contribution in [0.15, 0.2) is 0 Å². The van der Waals surface area contributed by atoms with Crippen LogP contribution >= 0.6 is 0 Å². The van der Waals surface area contributed by atoms with E-state index in [1.54, 1.807) is 0 Å². The van der Waals surface area contributed by atoms with Gasteiger partial charge in [-0.2, -0.15) is 0 Å². The monoisotopic (exact) mass is 1150 g/mol. The van der Waals surface area contributed by atoms with E-state index in [1.165, 1.54) is 0 Å². The summed E-state index contributed by atoms with van der Waals surface area (Å²) in [6.45, 7) is -6.19. The molecule has 456 valence electrons. The Balaban J connectivity index is 0.952. The lowest BCUT2D eigenvalue weighted by atomic mass is 9.96. The molecule has 0 aromatic heterocycles. The Labute approximate surface area is 439 Å². The molecule has 0 aliphatic carbocycles. The third-order valence-corrected chi connectivity index (χ3v) is 14.5. The Morgan fingerprint density at radius 3 is 0.795 bits per heavy atom. The van der Waals surface area contributed by atoms with Gasteiger partial charge in [-0.3, -0.25) is 0 Å². The average molecular weight is 1150 g/mol. The second-order valence-electron chi connectivity index (χ2n) is 19.7. The molecule has 7 aliphatic heterocycles. The van der Waals surface area contributed by atoms with Crippen LogP contribution in [0.25, 0.3) is 0 Å². The largest absolute Gasteiger partial charge is 0.394 e. The predicted octanol–water partition coefficient (Wildman–Crippen LogP) is -16.3. The Morgan fingerprint density at radius 2 is 0.449 bits per heavy atom. The third-order valence-electron chi connectivity index (χ3n) is 14.5. The summed E-state index contributed by atoms with van der Waals surface area (Å²) in [6.07, 6.45) is -66.7. The molecule has 35 atom stereocenters. The lowest BCUT2D eigenvalue weighted by Gasteiger charge is -2.47. The first kappa shape index (κ1) is 64.1. The van der Waals surface area contributed by atoms with Gasteiger partial charge in [0.05, 0.1) is 46.2 Å². The number of ether oxygens (including phenoxy) is 13. The number of aliphatic hydroxyl groups is 23. The quantitative estimate of drug-likeness (QED) is 0.0571. The van der Waals surface area contributed by atoms with Crippen molar-refractivity contribution in [2.75, 3.05) is 46.2 Å². The van der Waals surface area contributed by atoms with Gasteiger partial charge in [-0.1, -0.05) is 0 Å². The first-order valence-corrected chi connectivity index (χ1v) is 24.6. The smallest absolute Gasteiger partial charge is 0.187 e. The molecule has 7 aliphatic rings. The molecule has 0 spiro atoms. The summed E-state index contributed by atoms with van der Waals surface area (Å²) < 4.78 is 71.4. The number of aliphatic hydroxyl groups excluding tert-OH is 23. The molecular formula is C42H72O36. The fourth-order valence-corrected chi connectivity index (χ4v) is 9.67. The summed E-state index contributed by atoms with van der Waals surface area (Å²) in [7, 11) is 0. The normalized spacial score (nSPS) is 53.5. The average Bonchev–Trinajstić information content (AvgIpc) is 3.44. The minimum Gasteiger partial charge on any atom is -0.394 e. The molecule has 0 aromatic carbocycles. The fraction of sp³-hybridized carbons (Fsp3) is 1.00. The summed E-state index contributed by atoms with van der Waals surface area (Å²) >= 11 is 0. The maximum atomic E-state index is 11.4. The van der Waals surface area contributed by atoms with Crippen molar-refractivity contribution in [2.24, 2.45) is 0 Å². The summed E-state index contributed by atoms with van der Waals surface area (Å²) in [5.74, 6) is 0. The highest BCUT2D eigenvalue weighted by Gasteiger charge is 2.56. The summed E-state index contributed by atoms with van der Waals surface area (Å²) in [4.78, 5) is 0. The molecular weight excluding hydrogens is 1080 g/mol. The van der Waals surface area contributed by atoms with Gasteiger partial charge in [-0.05, 0) is 0 Å². The van der Waals surface area contributed by atoms with Gasteiger partial charge < -0.3 is 179 Å². The van der Waals surface area contributed by atoms with E-state index < -0.39 is 261 Å². The highest BCUT2D eigenvalue weighted by molar-refractivity contribution is 4.99. The maximum Gasteiger partial charge on any atom is 0.187 e. The molecule has 0 unspecified atom stereocenters. The molecule has 7 heterocycles. The van der Waals surface area contributed by atoms with Crippen LogP contribution in [0.4, 0.5) is 0 Å². The molecule has 7 saturated heterocycles. The Hall–Kier alpha value is -1.44. The van der Waals surface area contributed by atoms with E-state index in [0.717, 1.165) is 0 Å². The number of hydrogen-bond donors (Lipinski definition) is 23. The van der Waals surface area contributed by atoms with Crippen molar-refractivity contribution in [3.05, 3.63) is 0 Å². The fourth-order valence-electron chi connectivity index (χ4n) is 9.67. The van der Waals surface area contributed by atoms with Gasteiger partial charge in [0.2, 0.25) is 0 Å². The second-order valence-corrected chi connectivity index (χ2v) is 19.7. The van der Waals surface area contributed by atoms with Gasteiger partial charge >= 0.3 is 0 Å². The van der Waals surface area contributed by atoms with Crippen LogP contribution in [0, 0.1) is 0 Å². The topological polar surface area (TPSA) is 585 Å². The third kappa shape index (κ3) is 13.4. The molecule has 7 rings (SSSR count). The van der Waals surface area contributed by atoms with E-state index in [-0.39, 0.29) is 0 Å². The lowest BCUT2D eigenvalue weighted by Crippen LogP contribution is -2.66. The zero-order valence-corrected chi connectivity index (χ0v) is 40.8. The van der Waals surface area contributed by atoms with Crippen LogP contribution in [0.5, 0.6) is 0 Å². The molecule has 0 saturated carbocycles. The standard InChI is InChI=1S/C42H72O36/c43-1-8-15(47)22(54)27(59)40(72-8)77-34-19(51)10(3-45)70-38(31(34)63)67-5-12-17(49)24(56)26(58)37(74-12)66-7-14-21(53)33(30(62)36(65)69-14)76-42-29(61)25(57)18(50)13(75-42)6-68-39-32(64)35(20(52)11(4-46)71-39)78-41-28(60)23(55)16(48)9(2-44)73-41/h8-65H,1-7H2/t8-,9-,10-,11-,12-,13-,14-,15-,16-,17-,18-,19-,20-,21-,22+,23+,24+,25+,26-,27-,28-,29-,30-,31-,32-,33+,34+,35+,36+,37+,38+,39+,40-,41-,42-/m1/s1. The summed E-state index contributed by atoms with van der Waals surface area (Å²) in [6, 6.07) is 0. The van der Waals surface area contributed by atoms with E-state index in [4.69, 9.17) is 61.6 Å². The van der Waals surface area contributed by atoms with Crippen molar-refractivity contribution in [1.82, 2.24) is 0 Å². The molecule has 7 fully saturated rings. The van der Waals surface area contributed by atoms with Gasteiger partial charge in [0.15, 0.2) is 44.0 Å². The van der Waals surface area contributed by atoms with Gasteiger partial charge in [0, 0.05) is 0 Å². The molecule has 0 radical (unpaired) electrons. The van der Waals surface area contributed by atoms with Gasteiger partial charge in [-0.15, -0.1) is 0 Å². The Morgan fingerprint density at radius 1 is 0.218 bits per heavy atom. The predicted molar refractivity (Wildman–Crippen MR) is 232 cm³/mol. The highest BCUT2D eigenvalue weighted by Crippen LogP contribution is 2.35. The molecule has 0 amide bonds. The van der Waals surface area contributed by atoms with Crippen LogP contribution in [-0.2, 0) is 61.6 Å². The van der Waals surface area contributed by atoms with Crippen LogP contribution in [0.3, 0.4) is 0 Å². The first-order valence-electron chi connectivity index (χ1n) is 24.6. The molecule has 36 nitrogen and oxygen atoms in total.